The summed E-state index contributed by atoms with van der Waals surface area (Å²) in [6.07, 6.45) is 0. The van der Waals surface area contributed by atoms with Crippen LogP contribution in [0.5, 0.6) is 0 Å². The van der Waals surface area contributed by atoms with Gasteiger partial charge in [0.05, 0.1) is 17.1 Å². The number of fused-ring (bicyclic) bond motifs is 1. The third-order valence-electron chi connectivity index (χ3n) is 5.69. The second-order valence-electron chi connectivity index (χ2n) is 7.89. The molecule has 2 aliphatic rings. The maximum absolute atomic E-state index is 13.2. The van der Waals surface area contributed by atoms with Crippen LogP contribution in [0.25, 0.3) is 0 Å². The van der Waals surface area contributed by atoms with E-state index in [1.807, 2.05) is 59.5 Å². The van der Waals surface area contributed by atoms with Gasteiger partial charge in [-0.1, -0.05) is 48.0 Å². The molecule has 3 aromatic rings. The molecule has 0 aliphatic carbocycles. The van der Waals surface area contributed by atoms with Crippen LogP contribution in [0.4, 0.5) is 11.4 Å². The summed E-state index contributed by atoms with van der Waals surface area (Å²) in [5.74, 6) is 0.0314. The molecule has 6 nitrogen and oxygen atoms in total. The summed E-state index contributed by atoms with van der Waals surface area (Å²) in [6.45, 7) is 0.466. The summed E-state index contributed by atoms with van der Waals surface area (Å²) in [4.78, 5) is 41.1. The van der Waals surface area contributed by atoms with Crippen LogP contribution in [0.1, 0.15) is 26.9 Å². The number of nitrogens with zero attached hydrogens (tertiary/aromatic N) is 2. The quantitative estimate of drug-likeness (QED) is 0.590. The number of nitrogens with one attached hydrogen (secondary N) is 1. The number of thioether (sulfide) groups is 1. The SMILES string of the molecule is O=C1CN(C(=O)c2ccc([C@H]3SCC(=O)N3Cc3ccc(Cl)cc3)cc2)c2ccccc2N1. The highest BCUT2D eigenvalue weighted by molar-refractivity contribution is 8.00. The van der Waals surface area contributed by atoms with Crippen molar-refractivity contribution < 1.29 is 14.4 Å². The van der Waals surface area contributed by atoms with Crippen LogP contribution in [-0.4, -0.2) is 34.9 Å². The Labute approximate surface area is 200 Å². The van der Waals surface area contributed by atoms with E-state index in [0.717, 1.165) is 11.1 Å². The van der Waals surface area contributed by atoms with Gasteiger partial charge in [0, 0.05) is 17.1 Å². The predicted octanol–water partition coefficient (Wildman–Crippen LogP) is 4.71. The van der Waals surface area contributed by atoms with Crippen molar-refractivity contribution in [1.29, 1.82) is 0 Å². The highest BCUT2D eigenvalue weighted by atomic mass is 35.5. The summed E-state index contributed by atoms with van der Waals surface area (Å²) in [6, 6.07) is 22.0. The number of amides is 3. The van der Waals surface area contributed by atoms with Gasteiger partial charge in [0.25, 0.3) is 5.91 Å². The first-order valence-electron chi connectivity index (χ1n) is 10.5. The van der Waals surface area contributed by atoms with E-state index in [2.05, 4.69) is 5.32 Å². The van der Waals surface area contributed by atoms with Crippen LogP contribution in [0.3, 0.4) is 0 Å². The lowest BCUT2D eigenvalue weighted by Gasteiger charge is -2.29. The second-order valence-corrected chi connectivity index (χ2v) is 9.40. The molecule has 166 valence electrons. The number of benzene rings is 3. The lowest BCUT2D eigenvalue weighted by atomic mass is 10.1. The molecular formula is C25H20ClN3O3S. The first-order valence-corrected chi connectivity index (χ1v) is 11.9. The van der Waals surface area contributed by atoms with Crippen LogP contribution in [-0.2, 0) is 16.1 Å². The second kappa shape index (κ2) is 8.92. The van der Waals surface area contributed by atoms with Crippen molar-refractivity contribution in [2.24, 2.45) is 0 Å². The number of hydrogen-bond donors (Lipinski definition) is 1. The molecule has 0 unspecified atom stereocenters. The number of hydrogen-bond acceptors (Lipinski definition) is 4. The molecule has 3 amide bonds. The molecule has 2 heterocycles. The first-order chi connectivity index (χ1) is 16.0. The van der Waals surface area contributed by atoms with Crippen molar-refractivity contribution in [3.05, 3.63) is 94.5 Å². The molecule has 0 aromatic heterocycles. The molecule has 1 fully saturated rings. The molecule has 0 radical (unpaired) electrons. The summed E-state index contributed by atoms with van der Waals surface area (Å²) in [7, 11) is 0. The topological polar surface area (TPSA) is 69.7 Å². The monoisotopic (exact) mass is 477 g/mol. The Morgan fingerprint density at radius 1 is 1.00 bits per heavy atom. The molecule has 2 aliphatic heterocycles. The maximum Gasteiger partial charge on any atom is 0.258 e. The third-order valence-corrected chi connectivity index (χ3v) is 7.20. The fourth-order valence-electron chi connectivity index (χ4n) is 4.05. The van der Waals surface area contributed by atoms with E-state index >= 15 is 0 Å². The first kappa shape index (κ1) is 21.6. The summed E-state index contributed by atoms with van der Waals surface area (Å²) in [5, 5.41) is 3.33. The van der Waals surface area contributed by atoms with Crippen molar-refractivity contribution in [1.82, 2.24) is 4.90 Å². The zero-order valence-corrected chi connectivity index (χ0v) is 19.1. The summed E-state index contributed by atoms with van der Waals surface area (Å²) in [5.41, 5.74) is 3.75. The van der Waals surface area contributed by atoms with Gasteiger partial charge >= 0.3 is 0 Å². The van der Waals surface area contributed by atoms with Gasteiger partial charge in [0.15, 0.2) is 0 Å². The molecule has 8 heteroatoms. The average Bonchev–Trinajstić information content (AvgIpc) is 3.19. The zero-order valence-electron chi connectivity index (χ0n) is 17.5. The predicted molar refractivity (Wildman–Crippen MR) is 130 cm³/mol. The Hall–Kier alpha value is -3.29. The van der Waals surface area contributed by atoms with Gasteiger partial charge in [-0.25, -0.2) is 0 Å². The third kappa shape index (κ3) is 4.34. The Morgan fingerprint density at radius 3 is 2.48 bits per heavy atom. The minimum atomic E-state index is -0.239. The number of para-hydroxylation sites is 2. The van der Waals surface area contributed by atoms with E-state index in [0.29, 0.717) is 34.3 Å². The van der Waals surface area contributed by atoms with Crippen LogP contribution < -0.4 is 10.2 Å². The average molecular weight is 478 g/mol. The van der Waals surface area contributed by atoms with E-state index in [9.17, 15) is 14.4 Å². The van der Waals surface area contributed by atoms with Gasteiger partial charge in [-0.3, -0.25) is 19.3 Å². The van der Waals surface area contributed by atoms with Crippen LogP contribution in [0.2, 0.25) is 5.02 Å². The Balaban J connectivity index is 1.36. The molecule has 0 spiro atoms. The van der Waals surface area contributed by atoms with E-state index < -0.39 is 0 Å². The highest BCUT2D eigenvalue weighted by Crippen LogP contribution is 2.40. The molecule has 1 saturated heterocycles. The van der Waals surface area contributed by atoms with Gasteiger partial charge in [-0.2, -0.15) is 0 Å². The van der Waals surface area contributed by atoms with E-state index in [1.165, 1.54) is 4.90 Å². The van der Waals surface area contributed by atoms with Crippen molar-refractivity contribution in [2.45, 2.75) is 11.9 Å². The van der Waals surface area contributed by atoms with Gasteiger partial charge < -0.3 is 10.2 Å². The lowest BCUT2D eigenvalue weighted by Crippen LogP contribution is -2.42. The molecule has 33 heavy (non-hydrogen) atoms. The normalized spacial score (nSPS) is 17.7. The molecule has 1 atom stereocenters. The lowest BCUT2D eigenvalue weighted by molar-refractivity contribution is -0.128. The van der Waals surface area contributed by atoms with Crippen molar-refractivity contribution in [3.63, 3.8) is 0 Å². The molecule has 0 saturated carbocycles. The van der Waals surface area contributed by atoms with E-state index in [1.54, 1.807) is 30.0 Å². The molecular weight excluding hydrogens is 458 g/mol. The Bertz CT molecular complexity index is 1230. The van der Waals surface area contributed by atoms with Crippen molar-refractivity contribution >= 4 is 52.5 Å². The largest absolute Gasteiger partial charge is 0.323 e. The van der Waals surface area contributed by atoms with Gasteiger partial charge in [0.1, 0.15) is 11.9 Å². The fraction of sp³-hybridized carbons (Fsp3) is 0.160. The minimum Gasteiger partial charge on any atom is -0.323 e. The van der Waals surface area contributed by atoms with Crippen LogP contribution in [0, 0.1) is 0 Å². The Morgan fingerprint density at radius 2 is 1.73 bits per heavy atom. The number of carbonyl (C=O) groups excluding carboxylic acids is 3. The number of anilines is 2. The highest BCUT2D eigenvalue weighted by Gasteiger charge is 2.33. The maximum atomic E-state index is 13.2. The summed E-state index contributed by atoms with van der Waals surface area (Å²) < 4.78 is 0. The molecule has 5 rings (SSSR count). The zero-order chi connectivity index (χ0) is 22.9. The van der Waals surface area contributed by atoms with Gasteiger partial charge in [-0.15, -0.1) is 11.8 Å². The number of halogens is 1. The number of rotatable bonds is 4. The molecule has 1 N–H and O–H groups in total. The van der Waals surface area contributed by atoms with Crippen LogP contribution in [0.15, 0.2) is 72.8 Å². The minimum absolute atomic E-state index is 0.0283. The van der Waals surface area contributed by atoms with Crippen LogP contribution >= 0.6 is 23.4 Å². The summed E-state index contributed by atoms with van der Waals surface area (Å²) >= 11 is 7.55. The van der Waals surface area contributed by atoms with Crippen molar-refractivity contribution in [3.8, 4) is 0 Å². The molecule has 0 bridgehead atoms. The van der Waals surface area contributed by atoms with Gasteiger partial charge in [-0.05, 0) is 47.5 Å². The fourth-order valence-corrected chi connectivity index (χ4v) is 5.36. The Kier molecular flexibility index (Phi) is 5.83. The van der Waals surface area contributed by atoms with E-state index in [4.69, 9.17) is 11.6 Å². The molecule has 3 aromatic carbocycles. The van der Waals surface area contributed by atoms with E-state index in [-0.39, 0.29) is 29.6 Å². The van der Waals surface area contributed by atoms with Gasteiger partial charge in [0.2, 0.25) is 11.8 Å². The smallest absolute Gasteiger partial charge is 0.258 e. The number of carbonyl (C=O) groups is 3. The van der Waals surface area contributed by atoms with Crippen molar-refractivity contribution in [2.75, 3.05) is 22.5 Å². The standard InChI is InChI=1S/C25H20ClN3O3S/c26-19-11-5-16(6-12-19)13-29-23(31)15-33-25(29)18-9-7-17(8-10-18)24(32)28-14-22(30)27-20-3-1-2-4-21(20)28/h1-12,25H,13-15H2,(H,27,30)/t25-/m1/s1.